The number of rotatable bonds is 5. The van der Waals surface area contributed by atoms with Crippen LogP contribution in [0.1, 0.15) is 30.4 Å². The third-order valence-corrected chi connectivity index (χ3v) is 5.33. The van der Waals surface area contributed by atoms with Crippen LogP contribution in [0.2, 0.25) is 0 Å². The van der Waals surface area contributed by atoms with E-state index in [1.807, 2.05) is 11.4 Å². The van der Waals surface area contributed by atoms with Gasteiger partial charge in [-0.05, 0) is 29.9 Å². The number of benzene rings is 1. The molecular formula is C18H18F2N4S. The zero-order chi connectivity index (χ0) is 17.2. The van der Waals surface area contributed by atoms with E-state index in [-0.39, 0.29) is 5.56 Å². The molecule has 1 fully saturated rings. The fraction of sp³-hybridized carbons (Fsp3) is 0.333. The number of halogens is 2. The van der Waals surface area contributed by atoms with Crippen LogP contribution in [0.5, 0.6) is 0 Å². The maximum atomic E-state index is 13.2. The maximum Gasteiger partial charge on any atom is 0.264 e. The van der Waals surface area contributed by atoms with Gasteiger partial charge in [0.15, 0.2) is 0 Å². The molecule has 0 spiro atoms. The van der Waals surface area contributed by atoms with Crippen LogP contribution in [0, 0.1) is 0 Å². The van der Waals surface area contributed by atoms with Gasteiger partial charge in [-0.2, -0.15) is 4.98 Å². The molecule has 0 bridgehead atoms. The molecule has 130 valence electrons. The number of nitrogens with zero attached hydrogens (tertiary/aromatic N) is 3. The van der Waals surface area contributed by atoms with Crippen molar-refractivity contribution in [3.63, 3.8) is 0 Å². The first-order chi connectivity index (χ1) is 12.2. The van der Waals surface area contributed by atoms with E-state index < -0.39 is 6.43 Å². The molecule has 1 aromatic carbocycles. The Labute approximate surface area is 148 Å². The smallest absolute Gasteiger partial charge is 0.264 e. The van der Waals surface area contributed by atoms with Crippen LogP contribution < -0.4 is 10.2 Å². The highest BCUT2D eigenvalue weighted by Crippen LogP contribution is 2.30. The molecule has 0 radical (unpaired) electrons. The Balaban J connectivity index is 1.64. The largest absolute Gasteiger partial charge is 0.365 e. The minimum Gasteiger partial charge on any atom is -0.365 e. The number of nitrogens with one attached hydrogen (secondary N) is 1. The average Bonchev–Trinajstić information content (AvgIpc) is 3.30. The number of hydrogen-bond acceptors (Lipinski definition) is 5. The van der Waals surface area contributed by atoms with E-state index in [0.717, 1.165) is 36.1 Å². The SMILES string of the molecule is FC(F)c1ccccc1CNc1nc(N2CCCC2)nc2ccsc12. The topological polar surface area (TPSA) is 41.1 Å². The third-order valence-electron chi connectivity index (χ3n) is 4.42. The van der Waals surface area contributed by atoms with Crippen LogP contribution in [0.25, 0.3) is 10.2 Å². The zero-order valence-corrected chi connectivity index (χ0v) is 14.4. The Bertz CT molecular complexity index is 874. The molecule has 7 heteroatoms. The van der Waals surface area contributed by atoms with Crippen molar-refractivity contribution in [1.29, 1.82) is 0 Å². The second kappa shape index (κ2) is 6.92. The summed E-state index contributed by atoms with van der Waals surface area (Å²) >= 11 is 1.56. The molecule has 0 unspecified atom stereocenters. The Kier molecular flexibility index (Phi) is 4.48. The molecule has 3 heterocycles. The summed E-state index contributed by atoms with van der Waals surface area (Å²) in [6.07, 6.45) is -0.184. The van der Waals surface area contributed by atoms with Gasteiger partial charge in [0.05, 0.1) is 10.2 Å². The predicted octanol–water partition coefficient (Wildman–Crippen LogP) is 4.84. The van der Waals surface area contributed by atoms with Crippen molar-refractivity contribution >= 4 is 33.3 Å². The lowest BCUT2D eigenvalue weighted by Crippen LogP contribution is -2.21. The minimum absolute atomic E-state index is 0.0613. The van der Waals surface area contributed by atoms with Crippen LogP contribution >= 0.6 is 11.3 Å². The Hall–Kier alpha value is -2.28. The first-order valence-electron chi connectivity index (χ1n) is 8.32. The maximum absolute atomic E-state index is 13.2. The van der Waals surface area contributed by atoms with Gasteiger partial charge in [-0.3, -0.25) is 0 Å². The van der Waals surface area contributed by atoms with Crippen molar-refractivity contribution in [2.24, 2.45) is 0 Å². The first kappa shape index (κ1) is 16.2. The molecule has 1 saturated heterocycles. The summed E-state index contributed by atoms with van der Waals surface area (Å²) in [6.45, 7) is 2.23. The molecule has 25 heavy (non-hydrogen) atoms. The van der Waals surface area contributed by atoms with Crippen LogP contribution in [0.4, 0.5) is 20.5 Å². The highest BCUT2D eigenvalue weighted by atomic mass is 32.1. The van der Waals surface area contributed by atoms with E-state index in [9.17, 15) is 8.78 Å². The van der Waals surface area contributed by atoms with E-state index >= 15 is 0 Å². The van der Waals surface area contributed by atoms with Crippen LogP contribution in [0.15, 0.2) is 35.7 Å². The van der Waals surface area contributed by atoms with Gasteiger partial charge in [-0.1, -0.05) is 24.3 Å². The van der Waals surface area contributed by atoms with Gasteiger partial charge < -0.3 is 10.2 Å². The summed E-state index contributed by atoms with van der Waals surface area (Å²) in [5.41, 5.74) is 1.54. The molecule has 4 rings (SSSR count). The number of fused-ring (bicyclic) bond motifs is 1. The standard InChI is InChI=1S/C18H18F2N4S/c19-16(20)13-6-2-1-5-12(13)11-21-17-15-14(7-10-25-15)22-18(23-17)24-8-3-4-9-24/h1-2,5-7,10,16H,3-4,8-9,11H2,(H,21,22,23). The number of alkyl halides is 2. The molecule has 0 saturated carbocycles. The number of thiophene rings is 1. The van der Waals surface area contributed by atoms with Crippen LogP contribution in [0.3, 0.4) is 0 Å². The molecule has 0 aliphatic carbocycles. The lowest BCUT2D eigenvalue weighted by molar-refractivity contribution is 0.150. The molecular weight excluding hydrogens is 342 g/mol. The summed E-state index contributed by atoms with van der Waals surface area (Å²) in [7, 11) is 0. The number of aromatic nitrogens is 2. The van der Waals surface area contributed by atoms with Gasteiger partial charge >= 0.3 is 0 Å². The number of anilines is 2. The summed E-state index contributed by atoms with van der Waals surface area (Å²) < 4.78 is 27.3. The third kappa shape index (κ3) is 3.28. The van der Waals surface area contributed by atoms with Crippen molar-refractivity contribution in [3.8, 4) is 0 Å². The molecule has 4 nitrogen and oxygen atoms in total. The predicted molar refractivity (Wildman–Crippen MR) is 97.6 cm³/mol. The molecule has 3 aromatic rings. The number of hydrogen-bond donors (Lipinski definition) is 1. The second-order valence-electron chi connectivity index (χ2n) is 6.05. The lowest BCUT2D eigenvalue weighted by Gasteiger charge is -2.17. The van der Waals surface area contributed by atoms with Gasteiger partial charge in [0.25, 0.3) is 6.43 Å². The summed E-state index contributed by atoms with van der Waals surface area (Å²) in [6, 6.07) is 8.58. The monoisotopic (exact) mass is 360 g/mol. The van der Waals surface area contributed by atoms with Gasteiger partial charge in [-0.25, -0.2) is 13.8 Å². The van der Waals surface area contributed by atoms with E-state index in [4.69, 9.17) is 0 Å². The molecule has 1 aliphatic rings. The fourth-order valence-corrected chi connectivity index (χ4v) is 3.91. The van der Waals surface area contributed by atoms with Gasteiger partial charge in [-0.15, -0.1) is 11.3 Å². The van der Waals surface area contributed by atoms with E-state index in [1.165, 1.54) is 6.07 Å². The normalized spacial score (nSPS) is 14.6. The summed E-state index contributed by atoms with van der Waals surface area (Å²) in [4.78, 5) is 11.5. The average molecular weight is 360 g/mol. The van der Waals surface area contributed by atoms with E-state index in [0.29, 0.717) is 23.9 Å². The highest BCUT2D eigenvalue weighted by molar-refractivity contribution is 7.17. The van der Waals surface area contributed by atoms with Crippen LogP contribution in [-0.4, -0.2) is 23.1 Å². The molecule has 2 aromatic heterocycles. The van der Waals surface area contributed by atoms with Gasteiger partial charge in [0.2, 0.25) is 5.95 Å². The van der Waals surface area contributed by atoms with Gasteiger partial charge in [0.1, 0.15) is 5.82 Å². The molecule has 0 atom stereocenters. The van der Waals surface area contributed by atoms with Crippen molar-refractivity contribution in [2.45, 2.75) is 25.8 Å². The highest BCUT2D eigenvalue weighted by Gasteiger charge is 2.18. The van der Waals surface area contributed by atoms with Crippen molar-refractivity contribution < 1.29 is 8.78 Å². The van der Waals surface area contributed by atoms with Crippen LogP contribution in [-0.2, 0) is 6.54 Å². The fourth-order valence-electron chi connectivity index (χ4n) is 3.12. The zero-order valence-electron chi connectivity index (χ0n) is 13.6. The second-order valence-corrected chi connectivity index (χ2v) is 6.97. The first-order valence-corrected chi connectivity index (χ1v) is 9.20. The van der Waals surface area contributed by atoms with Gasteiger partial charge in [0, 0.05) is 25.2 Å². The van der Waals surface area contributed by atoms with Crippen molar-refractivity contribution in [2.75, 3.05) is 23.3 Å². The van der Waals surface area contributed by atoms with E-state index in [1.54, 1.807) is 29.5 Å². The Morgan fingerprint density at radius 1 is 1.12 bits per heavy atom. The Morgan fingerprint density at radius 3 is 2.72 bits per heavy atom. The lowest BCUT2D eigenvalue weighted by atomic mass is 10.1. The summed E-state index contributed by atoms with van der Waals surface area (Å²) in [5.74, 6) is 1.43. The quantitative estimate of drug-likeness (QED) is 0.707. The molecule has 1 aliphatic heterocycles. The minimum atomic E-state index is -2.48. The Morgan fingerprint density at radius 2 is 1.92 bits per heavy atom. The van der Waals surface area contributed by atoms with Crippen molar-refractivity contribution in [1.82, 2.24) is 9.97 Å². The molecule has 1 N–H and O–H groups in total. The molecule has 0 amide bonds. The summed E-state index contributed by atoms with van der Waals surface area (Å²) in [5, 5.41) is 5.23. The van der Waals surface area contributed by atoms with Crippen molar-refractivity contribution in [3.05, 3.63) is 46.8 Å². The van der Waals surface area contributed by atoms with E-state index in [2.05, 4.69) is 20.2 Å².